The number of rotatable bonds is 4. The zero-order chi connectivity index (χ0) is 13.2. The van der Waals surface area contributed by atoms with Crippen molar-refractivity contribution in [2.45, 2.75) is 39.4 Å². The van der Waals surface area contributed by atoms with Gasteiger partial charge in [-0.15, -0.1) is 10.2 Å². The first-order valence-electron chi connectivity index (χ1n) is 5.93. The molecular formula is C11H19N7. The summed E-state index contributed by atoms with van der Waals surface area (Å²) in [6.45, 7) is 7.70. The zero-order valence-corrected chi connectivity index (χ0v) is 11.3. The van der Waals surface area contributed by atoms with E-state index in [4.69, 9.17) is 0 Å². The Morgan fingerprint density at radius 1 is 1.28 bits per heavy atom. The lowest BCUT2D eigenvalue weighted by Gasteiger charge is -2.19. The molecule has 0 amide bonds. The molecule has 7 heteroatoms. The predicted octanol–water partition coefficient (Wildman–Crippen LogP) is 0.343. The van der Waals surface area contributed by atoms with Gasteiger partial charge in [0.05, 0.1) is 12.7 Å². The lowest BCUT2D eigenvalue weighted by molar-refractivity contribution is 0.419. The molecule has 0 unspecified atom stereocenters. The van der Waals surface area contributed by atoms with Crippen molar-refractivity contribution in [2.24, 2.45) is 7.05 Å². The summed E-state index contributed by atoms with van der Waals surface area (Å²) in [4.78, 5) is 1.45. The van der Waals surface area contributed by atoms with Gasteiger partial charge in [0.1, 0.15) is 6.54 Å². The van der Waals surface area contributed by atoms with Gasteiger partial charge in [-0.3, -0.25) is 4.68 Å². The van der Waals surface area contributed by atoms with Gasteiger partial charge in [0.25, 0.3) is 0 Å². The monoisotopic (exact) mass is 249 g/mol. The fourth-order valence-electron chi connectivity index (χ4n) is 1.47. The van der Waals surface area contributed by atoms with E-state index < -0.39 is 0 Å². The molecule has 0 bridgehead atoms. The van der Waals surface area contributed by atoms with Gasteiger partial charge in [-0.25, -0.2) is 0 Å². The highest BCUT2D eigenvalue weighted by atomic mass is 15.6. The molecule has 0 radical (unpaired) electrons. The summed E-state index contributed by atoms with van der Waals surface area (Å²) in [5, 5.41) is 19.7. The highest BCUT2D eigenvalue weighted by molar-refractivity contribution is 5.00. The van der Waals surface area contributed by atoms with E-state index in [0.717, 1.165) is 12.2 Å². The first kappa shape index (κ1) is 12.7. The first-order chi connectivity index (χ1) is 8.42. The van der Waals surface area contributed by atoms with Crippen LogP contribution >= 0.6 is 0 Å². The van der Waals surface area contributed by atoms with E-state index in [1.165, 1.54) is 4.80 Å². The molecule has 0 aliphatic heterocycles. The van der Waals surface area contributed by atoms with Crippen LogP contribution in [0.4, 0.5) is 0 Å². The lowest BCUT2D eigenvalue weighted by atomic mass is 10.1. The highest BCUT2D eigenvalue weighted by Crippen LogP contribution is 2.03. The first-order valence-corrected chi connectivity index (χ1v) is 5.93. The Morgan fingerprint density at radius 2 is 2.06 bits per heavy atom. The highest BCUT2D eigenvalue weighted by Gasteiger charge is 2.10. The number of hydrogen-bond acceptors (Lipinski definition) is 5. The Kier molecular flexibility index (Phi) is 3.42. The maximum atomic E-state index is 4.45. The predicted molar refractivity (Wildman–Crippen MR) is 66.7 cm³/mol. The Labute approximate surface area is 106 Å². The third-order valence-corrected chi connectivity index (χ3v) is 2.35. The van der Waals surface area contributed by atoms with Crippen LogP contribution in [0.25, 0.3) is 0 Å². The minimum atomic E-state index is 0.0935. The molecule has 1 N–H and O–H groups in total. The second-order valence-electron chi connectivity index (χ2n) is 5.30. The molecule has 2 aromatic rings. The fraction of sp³-hybridized carbons (Fsp3) is 0.636. The largest absolute Gasteiger partial charge is 0.306 e. The number of hydrogen-bond donors (Lipinski definition) is 1. The molecule has 7 nitrogen and oxygen atoms in total. The molecule has 0 atom stereocenters. The van der Waals surface area contributed by atoms with Crippen molar-refractivity contribution in [1.82, 2.24) is 35.3 Å². The molecule has 2 rings (SSSR count). The normalized spacial score (nSPS) is 12.0. The van der Waals surface area contributed by atoms with Gasteiger partial charge in [-0.05, 0) is 32.1 Å². The average Bonchev–Trinajstić information content (AvgIpc) is 2.85. The van der Waals surface area contributed by atoms with E-state index in [9.17, 15) is 0 Å². The summed E-state index contributed by atoms with van der Waals surface area (Å²) < 4.78 is 1.82. The minimum absolute atomic E-state index is 0.0935. The molecule has 18 heavy (non-hydrogen) atoms. The van der Waals surface area contributed by atoms with E-state index in [1.807, 2.05) is 16.9 Å². The number of tetrazole rings is 1. The molecule has 2 aromatic heterocycles. The topological polar surface area (TPSA) is 73.5 Å². The van der Waals surface area contributed by atoms with Crippen LogP contribution < -0.4 is 5.32 Å². The molecule has 0 saturated carbocycles. The Bertz CT molecular complexity index is 505. The van der Waals surface area contributed by atoms with Crippen molar-refractivity contribution in [3.63, 3.8) is 0 Å². The fourth-order valence-corrected chi connectivity index (χ4v) is 1.47. The maximum absolute atomic E-state index is 4.45. The molecule has 2 heterocycles. The van der Waals surface area contributed by atoms with Crippen LogP contribution in [-0.2, 0) is 20.1 Å². The van der Waals surface area contributed by atoms with Crippen molar-refractivity contribution in [3.8, 4) is 0 Å². The third kappa shape index (κ3) is 3.63. The molecule has 0 fully saturated rings. The maximum Gasteiger partial charge on any atom is 0.196 e. The van der Waals surface area contributed by atoms with Gasteiger partial charge >= 0.3 is 0 Å². The van der Waals surface area contributed by atoms with Gasteiger partial charge in [0, 0.05) is 18.3 Å². The summed E-state index contributed by atoms with van der Waals surface area (Å²) in [6.07, 6.45) is 1.93. The molecule has 0 aliphatic carbocycles. The van der Waals surface area contributed by atoms with Crippen molar-refractivity contribution in [3.05, 3.63) is 23.8 Å². The van der Waals surface area contributed by atoms with Crippen LogP contribution in [0.2, 0.25) is 0 Å². The van der Waals surface area contributed by atoms with Gasteiger partial charge in [0.15, 0.2) is 5.82 Å². The molecule has 0 aromatic carbocycles. The summed E-state index contributed by atoms with van der Waals surface area (Å²) in [5.41, 5.74) is 1.10. The van der Waals surface area contributed by atoms with Gasteiger partial charge in [-0.2, -0.15) is 9.90 Å². The third-order valence-electron chi connectivity index (χ3n) is 2.35. The van der Waals surface area contributed by atoms with Crippen molar-refractivity contribution < 1.29 is 0 Å². The SMILES string of the molecule is Cn1nnc(Cn2ccc(CNC(C)(C)C)n2)n1. The molecular weight excluding hydrogens is 230 g/mol. The van der Waals surface area contributed by atoms with E-state index in [1.54, 1.807) is 7.05 Å². The van der Waals surface area contributed by atoms with E-state index in [-0.39, 0.29) is 5.54 Å². The smallest absolute Gasteiger partial charge is 0.196 e. The number of aryl methyl sites for hydroxylation is 1. The Morgan fingerprint density at radius 3 is 2.67 bits per heavy atom. The Hall–Kier alpha value is -1.76. The van der Waals surface area contributed by atoms with Gasteiger partial charge in [0.2, 0.25) is 0 Å². The molecule has 0 spiro atoms. The zero-order valence-electron chi connectivity index (χ0n) is 11.3. The summed E-state index contributed by atoms with van der Waals surface area (Å²) in [5.74, 6) is 0.663. The van der Waals surface area contributed by atoms with Crippen molar-refractivity contribution >= 4 is 0 Å². The van der Waals surface area contributed by atoms with Gasteiger partial charge < -0.3 is 5.32 Å². The van der Waals surface area contributed by atoms with E-state index >= 15 is 0 Å². The van der Waals surface area contributed by atoms with E-state index in [2.05, 4.69) is 46.6 Å². The van der Waals surface area contributed by atoms with Crippen molar-refractivity contribution in [1.29, 1.82) is 0 Å². The molecule has 98 valence electrons. The van der Waals surface area contributed by atoms with Crippen LogP contribution in [0.1, 0.15) is 32.3 Å². The second kappa shape index (κ2) is 4.85. The van der Waals surface area contributed by atoms with E-state index in [0.29, 0.717) is 12.4 Å². The number of aromatic nitrogens is 6. The van der Waals surface area contributed by atoms with Crippen LogP contribution in [0.15, 0.2) is 12.3 Å². The van der Waals surface area contributed by atoms with Crippen LogP contribution in [0.3, 0.4) is 0 Å². The van der Waals surface area contributed by atoms with Gasteiger partial charge in [-0.1, -0.05) is 0 Å². The second-order valence-corrected chi connectivity index (χ2v) is 5.30. The standard InChI is InChI=1S/C11H19N7/c1-11(2,3)12-7-9-5-6-18(14-9)8-10-13-16-17(4)15-10/h5-6,12H,7-8H2,1-4H3. The number of nitrogens with zero attached hydrogens (tertiary/aromatic N) is 6. The minimum Gasteiger partial charge on any atom is -0.306 e. The molecule has 0 saturated heterocycles. The summed E-state index contributed by atoms with van der Waals surface area (Å²) in [6, 6.07) is 2.00. The lowest BCUT2D eigenvalue weighted by Crippen LogP contribution is -2.35. The van der Waals surface area contributed by atoms with Crippen LogP contribution in [-0.4, -0.2) is 35.5 Å². The number of nitrogens with one attached hydrogen (secondary N) is 1. The van der Waals surface area contributed by atoms with Crippen LogP contribution in [0, 0.1) is 0 Å². The summed E-state index contributed by atoms with van der Waals surface area (Å²) >= 11 is 0. The Balaban J connectivity index is 1.94. The van der Waals surface area contributed by atoms with Crippen LogP contribution in [0.5, 0.6) is 0 Å². The quantitative estimate of drug-likeness (QED) is 0.846. The molecule has 0 aliphatic rings. The summed E-state index contributed by atoms with van der Waals surface area (Å²) in [7, 11) is 1.75. The van der Waals surface area contributed by atoms with Crippen molar-refractivity contribution in [2.75, 3.05) is 0 Å². The average molecular weight is 249 g/mol.